The molecular weight excluding hydrogens is 321 g/mol. The van der Waals surface area contributed by atoms with Gasteiger partial charge in [-0.1, -0.05) is 18.2 Å². The van der Waals surface area contributed by atoms with Crippen molar-refractivity contribution in [3.63, 3.8) is 0 Å². The van der Waals surface area contributed by atoms with Crippen molar-refractivity contribution in [1.82, 2.24) is 15.2 Å². The molecule has 0 spiro atoms. The first-order valence-electron chi connectivity index (χ1n) is 7.96. The minimum absolute atomic E-state index is 0.296. The zero-order valence-electron chi connectivity index (χ0n) is 13.9. The number of aromatic amines is 1. The summed E-state index contributed by atoms with van der Waals surface area (Å²) in [6.45, 7) is 0.688. The molecule has 3 aromatic rings. The molecule has 1 heterocycles. The normalized spacial score (nSPS) is 12.0. The van der Waals surface area contributed by atoms with Crippen molar-refractivity contribution in [2.45, 2.75) is 12.5 Å². The van der Waals surface area contributed by atoms with Crippen LogP contribution in [-0.4, -0.2) is 28.8 Å². The van der Waals surface area contributed by atoms with E-state index < -0.39 is 6.04 Å². The standard InChI is InChI=1S/C18H20FN5O/c1-25-15-4-2-3-14(11-15)21-10-9-16-22-18(24-23-16)17(20)12-5-7-13(19)8-6-12/h2-8,11,17,21H,9-10,20H2,1H3,(H,22,23,24). The molecule has 2 aromatic carbocycles. The molecule has 130 valence electrons. The van der Waals surface area contributed by atoms with Gasteiger partial charge in [0, 0.05) is 24.7 Å². The smallest absolute Gasteiger partial charge is 0.171 e. The van der Waals surface area contributed by atoms with Gasteiger partial charge in [0.05, 0.1) is 13.2 Å². The lowest BCUT2D eigenvalue weighted by atomic mass is 10.1. The molecule has 0 fully saturated rings. The second-order valence-corrected chi connectivity index (χ2v) is 5.58. The van der Waals surface area contributed by atoms with Crippen LogP contribution in [0.5, 0.6) is 5.75 Å². The number of benzene rings is 2. The number of rotatable bonds is 7. The van der Waals surface area contributed by atoms with Gasteiger partial charge < -0.3 is 15.8 Å². The monoisotopic (exact) mass is 341 g/mol. The van der Waals surface area contributed by atoms with E-state index in [0.29, 0.717) is 18.8 Å². The maximum Gasteiger partial charge on any atom is 0.171 e. The number of H-pyrrole nitrogens is 1. The summed E-state index contributed by atoms with van der Waals surface area (Å²) in [5.74, 6) is 1.73. The fourth-order valence-corrected chi connectivity index (χ4v) is 2.44. The summed E-state index contributed by atoms with van der Waals surface area (Å²) in [7, 11) is 1.64. The molecule has 1 unspecified atom stereocenters. The highest BCUT2D eigenvalue weighted by Gasteiger charge is 2.14. The SMILES string of the molecule is COc1cccc(NCCc2nc(C(N)c3ccc(F)cc3)n[nH]2)c1. The predicted octanol–water partition coefficient (Wildman–Crippen LogP) is 2.66. The minimum atomic E-state index is -0.489. The summed E-state index contributed by atoms with van der Waals surface area (Å²) in [5, 5.41) is 10.4. The fourth-order valence-electron chi connectivity index (χ4n) is 2.44. The molecule has 4 N–H and O–H groups in total. The average molecular weight is 341 g/mol. The van der Waals surface area contributed by atoms with Gasteiger partial charge in [0.15, 0.2) is 5.82 Å². The molecule has 0 aliphatic rings. The summed E-state index contributed by atoms with van der Waals surface area (Å²) in [6, 6.07) is 13.3. The van der Waals surface area contributed by atoms with Crippen LogP contribution in [0.15, 0.2) is 48.5 Å². The average Bonchev–Trinajstić information content (AvgIpc) is 3.11. The second kappa shape index (κ2) is 7.76. The quantitative estimate of drug-likeness (QED) is 0.615. The molecule has 25 heavy (non-hydrogen) atoms. The first-order chi connectivity index (χ1) is 12.2. The number of nitrogens with two attached hydrogens (primary N) is 1. The Balaban J connectivity index is 1.57. The van der Waals surface area contributed by atoms with Crippen LogP contribution in [0.25, 0.3) is 0 Å². The van der Waals surface area contributed by atoms with Gasteiger partial charge in [-0.3, -0.25) is 5.10 Å². The summed E-state index contributed by atoms with van der Waals surface area (Å²) < 4.78 is 18.2. The molecule has 0 radical (unpaired) electrons. The zero-order valence-corrected chi connectivity index (χ0v) is 13.9. The summed E-state index contributed by atoms with van der Waals surface area (Å²) >= 11 is 0. The Labute approximate surface area is 145 Å². The van der Waals surface area contributed by atoms with Gasteiger partial charge in [0.1, 0.15) is 17.4 Å². The number of methoxy groups -OCH3 is 1. The first-order valence-corrected chi connectivity index (χ1v) is 7.96. The summed E-state index contributed by atoms with van der Waals surface area (Å²) in [4.78, 5) is 4.42. The van der Waals surface area contributed by atoms with Crippen LogP contribution in [0.4, 0.5) is 10.1 Å². The van der Waals surface area contributed by atoms with Gasteiger partial charge >= 0.3 is 0 Å². The third-order valence-electron chi connectivity index (χ3n) is 3.82. The van der Waals surface area contributed by atoms with E-state index in [2.05, 4.69) is 20.5 Å². The van der Waals surface area contributed by atoms with E-state index in [0.717, 1.165) is 22.8 Å². The van der Waals surface area contributed by atoms with E-state index in [1.54, 1.807) is 19.2 Å². The molecule has 0 aliphatic heterocycles. The highest BCUT2D eigenvalue weighted by atomic mass is 19.1. The van der Waals surface area contributed by atoms with Gasteiger partial charge in [-0.25, -0.2) is 9.37 Å². The molecule has 1 atom stereocenters. The van der Waals surface area contributed by atoms with E-state index in [1.807, 2.05) is 24.3 Å². The molecule has 0 saturated carbocycles. The number of hydrogen-bond donors (Lipinski definition) is 3. The first kappa shape index (κ1) is 16.9. The summed E-state index contributed by atoms with van der Waals surface area (Å²) in [6.07, 6.45) is 0.667. The Morgan fingerprint density at radius 1 is 1.24 bits per heavy atom. The maximum absolute atomic E-state index is 13.0. The van der Waals surface area contributed by atoms with Crippen molar-refractivity contribution >= 4 is 5.69 Å². The van der Waals surface area contributed by atoms with Crippen LogP contribution in [0.1, 0.15) is 23.3 Å². The maximum atomic E-state index is 13.0. The van der Waals surface area contributed by atoms with Crippen LogP contribution >= 0.6 is 0 Å². The Kier molecular flexibility index (Phi) is 5.25. The van der Waals surface area contributed by atoms with Crippen molar-refractivity contribution in [3.05, 3.63) is 71.6 Å². The lowest BCUT2D eigenvalue weighted by molar-refractivity contribution is 0.415. The van der Waals surface area contributed by atoms with E-state index >= 15 is 0 Å². The minimum Gasteiger partial charge on any atom is -0.497 e. The number of aromatic nitrogens is 3. The number of halogens is 1. The lowest BCUT2D eigenvalue weighted by Gasteiger charge is -2.07. The third-order valence-corrected chi connectivity index (χ3v) is 3.82. The third kappa shape index (κ3) is 4.33. The molecular formula is C18H20FN5O. The van der Waals surface area contributed by atoms with Crippen LogP contribution in [0.2, 0.25) is 0 Å². The van der Waals surface area contributed by atoms with Gasteiger partial charge in [-0.2, -0.15) is 5.10 Å². The lowest BCUT2D eigenvalue weighted by Crippen LogP contribution is -2.14. The summed E-state index contributed by atoms with van der Waals surface area (Å²) in [5.41, 5.74) is 7.87. The molecule has 0 amide bonds. The van der Waals surface area contributed by atoms with E-state index in [9.17, 15) is 4.39 Å². The van der Waals surface area contributed by atoms with Crippen molar-refractivity contribution in [3.8, 4) is 5.75 Å². The fraction of sp³-hybridized carbons (Fsp3) is 0.222. The molecule has 0 aliphatic carbocycles. The van der Waals surface area contributed by atoms with Gasteiger partial charge in [0.2, 0.25) is 0 Å². The topological polar surface area (TPSA) is 88.8 Å². The number of hydrogen-bond acceptors (Lipinski definition) is 5. The van der Waals surface area contributed by atoms with Gasteiger partial charge in [-0.15, -0.1) is 0 Å². The largest absolute Gasteiger partial charge is 0.497 e. The molecule has 0 bridgehead atoms. The Morgan fingerprint density at radius 2 is 2.04 bits per heavy atom. The Morgan fingerprint density at radius 3 is 2.80 bits per heavy atom. The van der Waals surface area contributed by atoms with Gasteiger partial charge in [0.25, 0.3) is 0 Å². The number of anilines is 1. The van der Waals surface area contributed by atoms with Crippen LogP contribution in [0, 0.1) is 5.82 Å². The zero-order chi connectivity index (χ0) is 17.6. The van der Waals surface area contributed by atoms with Crippen LogP contribution in [0.3, 0.4) is 0 Å². The van der Waals surface area contributed by atoms with Crippen molar-refractivity contribution < 1.29 is 9.13 Å². The van der Waals surface area contributed by atoms with Gasteiger partial charge in [-0.05, 0) is 29.8 Å². The highest BCUT2D eigenvalue weighted by Crippen LogP contribution is 2.18. The molecule has 6 nitrogen and oxygen atoms in total. The van der Waals surface area contributed by atoms with Crippen molar-refractivity contribution in [2.24, 2.45) is 5.73 Å². The van der Waals surface area contributed by atoms with E-state index in [1.165, 1.54) is 12.1 Å². The molecule has 0 saturated heterocycles. The second-order valence-electron chi connectivity index (χ2n) is 5.58. The molecule has 7 heteroatoms. The van der Waals surface area contributed by atoms with Crippen LogP contribution < -0.4 is 15.8 Å². The molecule has 3 rings (SSSR count). The van der Waals surface area contributed by atoms with Crippen molar-refractivity contribution in [2.75, 3.05) is 19.0 Å². The van der Waals surface area contributed by atoms with Crippen molar-refractivity contribution in [1.29, 1.82) is 0 Å². The van der Waals surface area contributed by atoms with E-state index in [4.69, 9.17) is 10.5 Å². The number of nitrogens with one attached hydrogen (secondary N) is 2. The molecule has 1 aromatic heterocycles. The predicted molar refractivity (Wildman–Crippen MR) is 94.0 cm³/mol. The Bertz CT molecular complexity index is 818. The number of nitrogens with zero attached hydrogens (tertiary/aromatic N) is 2. The van der Waals surface area contributed by atoms with Crippen LogP contribution in [-0.2, 0) is 6.42 Å². The highest BCUT2D eigenvalue weighted by molar-refractivity contribution is 5.48. The number of ether oxygens (including phenoxy) is 1. The Hall–Kier alpha value is -2.93. The van der Waals surface area contributed by atoms with E-state index in [-0.39, 0.29) is 5.82 Å².